The molecule has 2 N–H and O–H groups in total. The molecule has 21 heavy (non-hydrogen) atoms. The smallest absolute Gasteiger partial charge is 0.317 e. The van der Waals surface area contributed by atoms with Gasteiger partial charge in [0.1, 0.15) is 0 Å². The summed E-state index contributed by atoms with van der Waals surface area (Å²) in [7, 11) is -3.06. The van der Waals surface area contributed by atoms with E-state index in [0.29, 0.717) is 25.8 Å². The summed E-state index contributed by atoms with van der Waals surface area (Å²) in [6.45, 7) is 0.578. The SMILES string of the molecule is O=C(O)C1CCCCC1NC(=O)N1CCCS(=O)(=O)CC1. The zero-order valence-electron chi connectivity index (χ0n) is 12.0. The molecule has 2 rings (SSSR count). The lowest BCUT2D eigenvalue weighted by molar-refractivity contribution is -0.143. The number of hydrogen-bond donors (Lipinski definition) is 2. The molecule has 0 radical (unpaired) electrons. The molecule has 0 aromatic carbocycles. The maximum absolute atomic E-state index is 12.2. The van der Waals surface area contributed by atoms with E-state index in [4.69, 9.17) is 0 Å². The normalized spacial score (nSPS) is 29.4. The van der Waals surface area contributed by atoms with Gasteiger partial charge in [-0.05, 0) is 19.3 Å². The zero-order valence-corrected chi connectivity index (χ0v) is 12.8. The second kappa shape index (κ2) is 6.64. The fourth-order valence-electron chi connectivity index (χ4n) is 2.99. The molecule has 120 valence electrons. The highest BCUT2D eigenvalue weighted by Crippen LogP contribution is 2.25. The number of aliphatic carboxylic acids is 1. The molecule has 8 heteroatoms. The second-order valence-corrected chi connectivity index (χ2v) is 8.08. The number of hydrogen-bond acceptors (Lipinski definition) is 4. The number of rotatable bonds is 2. The Bertz CT molecular complexity index is 505. The minimum Gasteiger partial charge on any atom is -0.481 e. The largest absolute Gasteiger partial charge is 0.481 e. The molecule has 1 aliphatic carbocycles. The maximum atomic E-state index is 12.2. The number of amides is 2. The lowest BCUT2D eigenvalue weighted by Crippen LogP contribution is -2.50. The average Bonchev–Trinajstić information content (AvgIpc) is 2.60. The number of carboxylic acid groups (broad SMARTS) is 1. The molecular formula is C13H22N2O5S. The zero-order chi connectivity index (χ0) is 15.5. The molecular weight excluding hydrogens is 296 g/mol. The average molecular weight is 318 g/mol. The fraction of sp³-hybridized carbons (Fsp3) is 0.846. The highest BCUT2D eigenvalue weighted by Gasteiger charge is 2.33. The molecule has 0 bridgehead atoms. The minimum atomic E-state index is -3.06. The molecule has 2 aliphatic rings. The van der Waals surface area contributed by atoms with Gasteiger partial charge >= 0.3 is 12.0 Å². The van der Waals surface area contributed by atoms with Gasteiger partial charge in [0.2, 0.25) is 0 Å². The summed E-state index contributed by atoms with van der Waals surface area (Å²) < 4.78 is 23.1. The molecule has 0 spiro atoms. The minimum absolute atomic E-state index is 0.0204. The van der Waals surface area contributed by atoms with Crippen LogP contribution in [0.15, 0.2) is 0 Å². The van der Waals surface area contributed by atoms with Gasteiger partial charge in [-0.1, -0.05) is 12.8 Å². The lowest BCUT2D eigenvalue weighted by Gasteiger charge is -2.31. The molecule has 2 atom stereocenters. The van der Waals surface area contributed by atoms with Crippen LogP contribution in [0.1, 0.15) is 32.1 Å². The first kappa shape index (κ1) is 16.1. The summed E-state index contributed by atoms with van der Waals surface area (Å²) in [5.74, 6) is -1.33. The van der Waals surface area contributed by atoms with E-state index in [9.17, 15) is 23.1 Å². The van der Waals surface area contributed by atoms with Gasteiger partial charge in [0.25, 0.3) is 0 Å². The number of nitrogens with one attached hydrogen (secondary N) is 1. The molecule has 7 nitrogen and oxygen atoms in total. The Morgan fingerprint density at radius 2 is 1.76 bits per heavy atom. The molecule has 0 aromatic heterocycles. The quantitative estimate of drug-likeness (QED) is 0.770. The maximum Gasteiger partial charge on any atom is 0.317 e. The standard InChI is InChI=1S/C13H22N2O5S/c16-12(17)10-4-1-2-5-11(10)14-13(18)15-6-3-8-21(19,20)9-7-15/h10-11H,1-9H2,(H,14,18)(H,16,17). The van der Waals surface area contributed by atoms with Gasteiger partial charge in [0, 0.05) is 19.1 Å². The van der Waals surface area contributed by atoms with Crippen molar-refractivity contribution in [2.45, 2.75) is 38.1 Å². The number of nitrogens with zero attached hydrogens (tertiary/aromatic N) is 1. The molecule has 2 unspecified atom stereocenters. The Kier molecular flexibility index (Phi) is 5.08. The monoisotopic (exact) mass is 318 g/mol. The van der Waals surface area contributed by atoms with Crippen LogP contribution in [0.5, 0.6) is 0 Å². The molecule has 1 heterocycles. The third kappa shape index (κ3) is 4.33. The van der Waals surface area contributed by atoms with Crippen molar-refractivity contribution in [3.63, 3.8) is 0 Å². The second-order valence-electron chi connectivity index (χ2n) is 5.78. The van der Waals surface area contributed by atoms with Gasteiger partial charge in [-0.25, -0.2) is 13.2 Å². The van der Waals surface area contributed by atoms with Crippen molar-refractivity contribution < 1.29 is 23.1 Å². The summed E-state index contributed by atoms with van der Waals surface area (Å²) in [5, 5.41) is 12.0. The summed E-state index contributed by atoms with van der Waals surface area (Å²) in [5.41, 5.74) is 0. The van der Waals surface area contributed by atoms with Gasteiger partial charge in [-0.3, -0.25) is 4.79 Å². The number of carbonyl (C=O) groups is 2. The van der Waals surface area contributed by atoms with E-state index in [1.807, 2.05) is 0 Å². The van der Waals surface area contributed by atoms with Crippen molar-refractivity contribution in [2.24, 2.45) is 5.92 Å². The summed E-state index contributed by atoms with van der Waals surface area (Å²) in [4.78, 5) is 24.9. The number of carbonyl (C=O) groups excluding carboxylic acids is 1. The highest BCUT2D eigenvalue weighted by atomic mass is 32.2. The van der Waals surface area contributed by atoms with Crippen molar-refractivity contribution in [2.75, 3.05) is 24.6 Å². The third-order valence-corrected chi connectivity index (χ3v) is 5.95. The van der Waals surface area contributed by atoms with Crippen LogP contribution >= 0.6 is 0 Å². The summed E-state index contributed by atoms with van der Waals surface area (Å²) >= 11 is 0. The molecule has 2 amide bonds. The molecule has 1 saturated heterocycles. The number of carboxylic acids is 1. The van der Waals surface area contributed by atoms with Crippen LogP contribution in [0.25, 0.3) is 0 Å². The van der Waals surface area contributed by atoms with Gasteiger partial charge < -0.3 is 15.3 Å². The molecule has 0 aromatic rings. The van der Waals surface area contributed by atoms with Gasteiger partial charge in [0.05, 0.1) is 17.4 Å². The van der Waals surface area contributed by atoms with Crippen molar-refractivity contribution >= 4 is 21.8 Å². The first-order valence-electron chi connectivity index (χ1n) is 7.38. The van der Waals surface area contributed by atoms with Crippen LogP contribution in [0.3, 0.4) is 0 Å². The first-order chi connectivity index (χ1) is 9.89. The lowest BCUT2D eigenvalue weighted by atomic mass is 9.84. The Labute approximate surface area is 124 Å². The number of sulfone groups is 1. The predicted molar refractivity (Wildman–Crippen MR) is 76.8 cm³/mol. The van der Waals surface area contributed by atoms with Gasteiger partial charge in [-0.15, -0.1) is 0 Å². The van der Waals surface area contributed by atoms with Crippen LogP contribution in [-0.4, -0.2) is 61.1 Å². The molecule has 2 fully saturated rings. The Balaban J connectivity index is 1.95. The predicted octanol–water partition coefficient (Wildman–Crippen LogP) is 0.460. The summed E-state index contributed by atoms with van der Waals surface area (Å²) in [6.07, 6.45) is 3.45. The highest BCUT2D eigenvalue weighted by molar-refractivity contribution is 7.91. The van der Waals surface area contributed by atoms with E-state index < -0.39 is 21.7 Å². The van der Waals surface area contributed by atoms with Crippen molar-refractivity contribution in [3.8, 4) is 0 Å². The van der Waals surface area contributed by atoms with Crippen LogP contribution < -0.4 is 5.32 Å². The van der Waals surface area contributed by atoms with Gasteiger partial charge in [-0.2, -0.15) is 0 Å². The van der Waals surface area contributed by atoms with E-state index in [-0.39, 0.29) is 30.1 Å². The van der Waals surface area contributed by atoms with E-state index in [2.05, 4.69) is 5.32 Å². The van der Waals surface area contributed by atoms with E-state index in [1.165, 1.54) is 4.90 Å². The molecule has 1 saturated carbocycles. The van der Waals surface area contributed by atoms with Crippen LogP contribution in [0, 0.1) is 5.92 Å². The fourth-order valence-corrected chi connectivity index (χ4v) is 4.26. The topological polar surface area (TPSA) is 104 Å². The summed E-state index contributed by atoms with van der Waals surface area (Å²) in [6, 6.07) is -0.700. The van der Waals surface area contributed by atoms with E-state index >= 15 is 0 Å². The van der Waals surface area contributed by atoms with E-state index in [1.54, 1.807) is 0 Å². The van der Waals surface area contributed by atoms with Crippen LogP contribution in [-0.2, 0) is 14.6 Å². The van der Waals surface area contributed by atoms with E-state index in [0.717, 1.165) is 12.8 Å². The first-order valence-corrected chi connectivity index (χ1v) is 9.20. The van der Waals surface area contributed by atoms with Crippen molar-refractivity contribution in [1.82, 2.24) is 10.2 Å². The number of urea groups is 1. The van der Waals surface area contributed by atoms with Crippen molar-refractivity contribution in [3.05, 3.63) is 0 Å². The van der Waals surface area contributed by atoms with Crippen LogP contribution in [0.2, 0.25) is 0 Å². The Hall–Kier alpha value is -1.31. The Morgan fingerprint density at radius 1 is 1.05 bits per heavy atom. The van der Waals surface area contributed by atoms with Gasteiger partial charge in [0.15, 0.2) is 9.84 Å². The van der Waals surface area contributed by atoms with Crippen molar-refractivity contribution in [1.29, 1.82) is 0 Å². The van der Waals surface area contributed by atoms with Crippen LogP contribution in [0.4, 0.5) is 4.79 Å². The Morgan fingerprint density at radius 3 is 2.48 bits per heavy atom. The third-order valence-electron chi connectivity index (χ3n) is 4.23. The molecule has 1 aliphatic heterocycles.